The van der Waals surface area contributed by atoms with Gasteiger partial charge in [0.25, 0.3) is 5.91 Å². The Labute approximate surface area is 162 Å². The van der Waals surface area contributed by atoms with Crippen molar-refractivity contribution in [3.8, 4) is 11.3 Å². The van der Waals surface area contributed by atoms with Crippen LogP contribution in [0.25, 0.3) is 11.3 Å². The number of thiazole rings is 1. The maximum atomic E-state index is 12.6. The molecule has 1 aromatic carbocycles. The minimum Gasteiger partial charge on any atom is -0.392 e. The highest BCUT2D eigenvalue weighted by Gasteiger charge is 2.16. The summed E-state index contributed by atoms with van der Waals surface area (Å²) in [5.74, 6) is -0.122. The molecule has 0 bridgehead atoms. The van der Waals surface area contributed by atoms with Crippen LogP contribution in [0.3, 0.4) is 0 Å². The third kappa shape index (κ3) is 4.07. The lowest BCUT2D eigenvalue weighted by molar-refractivity contribution is 0.0951. The molecule has 0 saturated carbocycles. The van der Waals surface area contributed by atoms with Crippen LogP contribution in [-0.4, -0.2) is 21.0 Å². The number of benzene rings is 1. The van der Waals surface area contributed by atoms with Gasteiger partial charge in [0.05, 0.1) is 24.5 Å². The molecule has 1 aliphatic rings. The van der Waals surface area contributed by atoms with Gasteiger partial charge in [-0.25, -0.2) is 4.98 Å². The molecular formula is C21H21N3O2S. The fourth-order valence-corrected chi connectivity index (χ4v) is 4.39. The lowest BCUT2D eigenvalue weighted by atomic mass is 10.0. The van der Waals surface area contributed by atoms with Gasteiger partial charge in [-0.05, 0) is 55.5 Å². The molecule has 138 valence electrons. The van der Waals surface area contributed by atoms with Crippen LogP contribution in [0.5, 0.6) is 0 Å². The van der Waals surface area contributed by atoms with E-state index >= 15 is 0 Å². The molecule has 0 unspecified atom stereocenters. The van der Waals surface area contributed by atoms with Crippen molar-refractivity contribution < 1.29 is 9.90 Å². The van der Waals surface area contributed by atoms with Gasteiger partial charge in [-0.1, -0.05) is 12.1 Å². The molecule has 0 fully saturated rings. The molecule has 5 nitrogen and oxygen atoms in total. The number of aryl methyl sites for hydroxylation is 2. The number of aliphatic hydroxyl groups is 1. The Bertz CT molecular complexity index is 944. The topological polar surface area (TPSA) is 75.1 Å². The number of pyridine rings is 1. The van der Waals surface area contributed by atoms with Crippen LogP contribution in [0.2, 0.25) is 0 Å². The van der Waals surface area contributed by atoms with Gasteiger partial charge in [0.15, 0.2) is 0 Å². The zero-order chi connectivity index (χ0) is 18.6. The predicted molar refractivity (Wildman–Crippen MR) is 106 cm³/mol. The largest absolute Gasteiger partial charge is 0.392 e. The quantitative estimate of drug-likeness (QED) is 0.711. The number of aliphatic hydroxyl groups excluding tert-OH is 1. The molecule has 1 amide bonds. The molecule has 2 heterocycles. The summed E-state index contributed by atoms with van der Waals surface area (Å²) >= 11 is 1.72. The van der Waals surface area contributed by atoms with Crippen LogP contribution >= 0.6 is 11.3 Å². The van der Waals surface area contributed by atoms with Crippen molar-refractivity contribution in [2.45, 2.75) is 38.8 Å². The van der Waals surface area contributed by atoms with Crippen molar-refractivity contribution in [1.29, 1.82) is 0 Å². The summed E-state index contributed by atoms with van der Waals surface area (Å²) in [6.07, 6.45) is 6.28. The summed E-state index contributed by atoms with van der Waals surface area (Å²) in [6, 6.07) is 11.0. The number of carbonyl (C=O) groups is 1. The summed E-state index contributed by atoms with van der Waals surface area (Å²) in [6.45, 7) is 0.423. The SMILES string of the molecule is O=C(NCc1nc2c(s1)CCCC2)c1cccc(-c2cc(CO)ccn2)c1. The molecule has 0 saturated heterocycles. The third-order valence-electron chi connectivity index (χ3n) is 4.72. The first-order valence-corrected chi connectivity index (χ1v) is 9.96. The molecule has 0 radical (unpaired) electrons. The Morgan fingerprint density at radius 1 is 1.19 bits per heavy atom. The van der Waals surface area contributed by atoms with Gasteiger partial charge in [0, 0.05) is 22.2 Å². The minimum absolute atomic E-state index is 0.0342. The highest BCUT2D eigenvalue weighted by atomic mass is 32.1. The van der Waals surface area contributed by atoms with Crippen LogP contribution in [-0.2, 0) is 26.0 Å². The lowest BCUT2D eigenvalue weighted by Gasteiger charge is -2.07. The van der Waals surface area contributed by atoms with E-state index in [9.17, 15) is 9.90 Å². The van der Waals surface area contributed by atoms with E-state index in [1.54, 1.807) is 29.7 Å². The van der Waals surface area contributed by atoms with Crippen LogP contribution < -0.4 is 5.32 Å². The molecule has 0 aliphatic heterocycles. The summed E-state index contributed by atoms with van der Waals surface area (Å²) in [7, 11) is 0. The van der Waals surface area contributed by atoms with E-state index in [-0.39, 0.29) is 12.5 Å². The maximum Gasteiger partial charge on any atom is 0.251 e. The van der Waals surface area contributed by atoms with Crippen molar-refractivity contribution in [3.63, 3.8) is 0 Å². The number of nitrogens with one attached hydrogen (secondary N) is 1. The molecule has 2 N–H and O–H groups in total. The van der Waals surface area contributed by atoms with E-state index in [4.69, 9.17) is 0 Å². The van der Waals surface area contributed by atoms with Crippen LogP contribution in [0, 0.1) is 0 Å². The number of nitrogens with zero attached hydrogens (tertiary/aromatic N) is 2. The average Bonchev–Trinajstić information content (AvgIpc) is 3.15. The summed E-state index contributed by atoms with van der Waals surface area (Å²) < 4.78 is 0. The summed E-state index contributed by atoms with van der Waals surface area (Å²) in [5, 5.41) is 13.2. The molecule has 27 heavy (non-hydrogen) atoms. The first-order chi connectivity index (χ1) is 13.2. The molecule has 3 aromatic rings. The zero-order valence-corrected chi connectivity index (χ0v) is 15.8. The third-order valence-corrected chi connectivity index (χ3v) is 5.87. The number of carbonyl (C=O) groups excluding carboxylic acids is 1. The zero-order valence-electron chi connectivity index (χ0n) is 14.9. The Hall–Kier alpha value is -2.57. The maximum absolute atomic E-state index is 12.6. The second-order valence-corrected chi connectivity index (χ2v) is 7.82. The first kappa shape index (κ1) is 17.8. The van der Waals surface area contributed by atoms with Crippen molar-refractivity contribution in [2.24, 2.45) is 0 Å². The smallest absolute Gasteiger partial charge is 0.251 e. The van der Waals surface area contributed by atoms with E-state index < -0.39 is 0 Å². The second kappa shape index (κ2) is 7.98. The monoisotopic (exact) mass is 379 g/mol. The number of hydrogen-bond donors (Lipinski definition) is 2. The molecule has 4 rings (SSSR count). The number of aromatic nitrogens is 2. The number of fused-ring (bicyclic) bond motifs is 1. The van der Waals surface area contributed by atoms with Crippen molar-refractivity contribution in [2.75, 3.05) is 0 Å². The Kier molecular flexibility index (Phi) is 5.27. The number of hydrogen-bond acceptors (Lipinski definition) is 5. The minimum atomic E-state index is -0.122. The first-order valence-electron chi connectivity index (χ1n) is 9.15. The van der Waals surface area contributed by atoms with Crippen LogP contribution in [0.15, 0.2) is 42.6 Å². The number of rotatable bonds is 5. The molecule has 6 heteroatoms. The van der Waals surface area contributed by atoms with Gasteiger partial charge in [0.1, 0.15) is 5.01 Å². The molecule has 1 aliphatic carbocycles. The summed E-state index contributed by atoms with van der Waals surface area (Å²) in [4.78, 5) is 23.0. The lowest BCUT2D eigenvalue weighted by Crippen LogP contribution is -2.22. The Morgan fingerprint density at radius 3 is 2.93 bits per heavy atom. The highest BCUT2D eigenvalue weighted by molar-refractivity contribution is 7.11. The second-order valence-electron chi connectivity index (χ2n) is 6.66. The molecular weight excluding hydrogens is 358 g/mol. The van der Waals surface area contributed by atoms with Gasteiger partial charge in [0.2, 0.25) is 0 Å². The predicted octanol–water partition coefficient (Wildman–Crippen LogP) is 3.51. The normalized spacial score (nSPS) is 13.2. The van der Waals surface area contributed by atoms with Gasteiger partial charge < -0.3 is 10.4 Å². The van der Waals surface area contributed by atoms with E-state index in [1.165, 1.54) is 23.4 Å². The molecule has 0 atom stereocenters. The standard InChI is InChI=1S/C21H21N3O2S/c25-13-14-8-9-22-18(10-14)15-4-3-5-16(11-15)21(26)23-12-20-24-17-6-1-2-7-19(17)27-20/h3-5,8-11,25H,1-2,6-7,12-13H2,(H,23,26). The van der Waals surface area contributed by atoms with E-state index in [1.807, 2.05) is 24.3 Å². The average molecular weight is 379 g/mol. The van der Waals surface area contributed by atoms with Crippen molar-refractivity contribution >= 4 is 17.2 Å². The van der Waals surface area contributed by atoms with Gasteiger partial charge in [-0.3, -0.25) is 9.78 Å². The van der Waals surface area contributed by atoms with Crippen LogP contribution in [0.4, 0.5) is 0 Å². The van der Waals surface area contributed by atoms with Crippen LogP contribution in [0.1, 0.15) is 44.3 Å². The van der Waals surface area contributed by atoms with Gasteiger partial charge >= 0.3 is 0 Å². The van der Waals surface area contributed by atoms with Gasteiger partial charge in [-0.2, -0.15) is 0 Å². The van der Waals surface area contributed by atoms with E-state index in [0.717, 1.165) is 34.7 Å². The Morgan fingerprint density at radius 2 is 2.07 bits per heavy atom. The molecule has 2 aromatic heterocycles. The fourth-order valence-electron chi connectivity index (χ4n) is 3.29. The highest BCUT2D eigenvalue weighted by Crippen LogP contribution is 2.26. The van der Waals surface area contributed by atoms with E-state index in [0.29, 0.717) is 12.1 Å². The Balaban J connectivity index is 1.46. The fraction of sp³-hybridized carbons (Fsp3) is 0.286. The molecule has 0 spiro atoms. The van der Waals surface area contributed by atoms with Crippen molar-refractivity contribution in [3.05, 3.63) is 69.3 Å². The number of amides is 1. The van der Waals surface area contributed by atoms with Crippen molar-refractivity contribution in [1.82, 2.24) is 15.3 Å². The van der Waals surface area contributed by atoms with Gasteiger partial charge in [-0.15, -0.1) is 11.3 Å². The summed E-state index contributed by atoms with van der Waals surface area (Å²) in [5.41, 5.74) is 4.19. The van der Waals surface area contributed by atoms with E-state index in [2.05, 4.69) is 15.3 Å².